The van der Waals surface area contributed by atoms with Gasteiger partial charge in [-0.3, -0.25) is 4.79 Å². The van der Waals surface area contributed by atoms with Gasteiger partial charge in [0.1, 0.15) is 0 Å². The molecule has 0 aliphatic rings. The summed E-state index contributed by atoms with van der Waals surface area (Å²) in [7, 11) is -3.60. The lowest BCUT2D eigenvalue weighted by Crippen LogP contribution is -2.23. The summed E-state index contributed by atoms with van der Waals surface area (Å²) in [6, 6.07) is 13.7. The van der Waals surface area contributed by atoms with Gasteiger partial charge in [-0.2, -0.15) is 0 Å². The maximum absolute atomic E-state index is 12.3. The number of hydrogen-bond donors (Lipinski definition) is 2. The molecule has 0 spiro atoms. The smallest absolute Gasteiger partial charge is 0.240 e. The molecule has 0 aliphatic carbocycles. The van der Waals surface area contributed by atoms with Gasteiger partial charge in [0.15, 0.2) is 0 Å². The maximum Gasteiger partial charge on any atom is 0.240 e. The fourth-order valence-corrected chi connectivity index (χ4v) is 3.33. The largest absolute Gasteiger partial charge is 0.356 e. The van der Waals surface area contributed by atoms with E-state index in [0.717, 1.165) is 11.1 Å². The highest BCUT2D eigenvalue weighted by molar-refractivity contribution is 7.89. The average Bonchev–Trinajstić information content (AvgIpc) is 2.54. The Morgan fingerprint density at radius 2 is 1.75 bits per heavy atom. The summed E-state index contributed by atoms with van der Waals surface area (Å²) < 4.78 is 27.2. The van der Waals surface area contributed by atoms with E-state index in [2.05, 4.69) is 10.0 Å². The number of benzene rings is 2. The van der Waals surface area contributed by atoms with Gasteiger partial charge >= 0.3 is 0 Å². The van der Waals surface area contributed by atoms with Crippen molar-refractivity contribution in [3.8, 4) is 0 Å². The normalized spacial score (nSPS) is 11.2. The van der Waals surface area contributed by atoms with E-state index in [1.807, 2.05) is 0 Å². The molecule has 5 nitrogen and oxygen atoms in total. The van der Waals surface area contributed by atoms with Gasteiger partial charge in [0, 0.05) is 25.0 Å². The van der Waals surface area contributed by atoms with E-state index in [1.165, 1.54) is 6.92 Å². The van der Waals surface area contributed by atoms with Gasteiger partial charge in [-0.15, -0.1) is 0 Å². The zero-order valence-corrected chi connectivity index (χ0v) is 14.8. The number of amides is 1. The molecule has 2 aromatic rings. The Hall–Kier alpha value is -1.89. The van der Waals surface area contributed by atoms with E-state index >= 15 is 0 Å². The van der Waals surface area contributed by atoms with Crippen LogP contribution in [-0.2, 0) is 27.8 Å². The monoisotopic (exact) mass is 366 g/mol. The first-order valence-corrected chi connectivity index (χ1v) is 9.31. The summed E-state index contributed by atoms with van der Waals surface area (Å²) in [6.07, 6.45) is 0.646. The van der Waals surface area contributed by atoms with E-state index in [-0.39, 0.29) is 17.3 Å². The predicted molar refractivity (Wildman–Crippen MR) is 94.3 cm³/mol. The molecule has 2 N–H and O–H groups in total. The number of sulfonamides is 1. The van der Waals surface area contributed by atoms with Gasteiger partial charge in [-0.05, 0) is 35.7 Å². The Morgan fingerprint density at radius 3 is 2.38 bits per heavy atom. The lowest BCUT2D eigenvalue weighted by atomic mass is 10.1. The van der Waals surface area contributed by atoms with Crippen molar-refractivity contribution in [1.82, 2.24) is 10.0 Å². The predicted octanol–water partition coefficient (Wildman–Crippen LogP) is 2.50. The molecule has 7 heteroatoms. The summed E-state index contributed by atoms with van der Waals surface area (Å²) >= 11 is 6.03. The SMILES string of the molecule is CC(=O)NCCc1ccc(S(=O)(=O)NCc2ccccc2Cl)cc1. The van der Waals surface area contributed by atoms with Crippen LogP contribution in [0.5, 0.6) is 0 Å². The van der Waals surface area contributed by atoms with Gasteiger partial charge in [-0.1, -0.05) is 41.9 Å². The van der Waals surface area contributed by atoms with Gasteiger partial charge in [0.05, 0.1) is 4.90 Å². The molecule has 0 aromatic heterocycles. The summed E-state index contributed by atoms with van der Waals surface area (Å²) in [5.74, 6) is -0.0852. The van der Waals surface area contributed by atoms with Crippen molar-refractivity contribution < 1.29 is 13.2 Å². The van der Waals surface area contributed by atoms with Gasteiger partial charge in [-0.25, -0.2) is 13.1 Å². The molecule has 0 atom stereocenters. The molecular weight excluding hydrogens is 348 g/mol. The fraction of sp³-hybridized carbons (Fsp3) is 0.235. The Bertz CT molecular complexity index is 805. The molecule has 0 radical (unpaired) electrons. The first-order chi connectivity index (χ1) is 11.4. The Kier molecular flexibility index (Phi) is 6.36. The van der Waals surface area contributed by atoms with Crippen LogP contribution in [0.1, 0.15) is 18.1 Å². The summed E-state index contributed by atoms with van der Waals surface area (Å²) in [5, 5.41) is 3.22. The van der Waals surface area contributed by atoms with Crippen molar-refractivity contribution in [2.24, 2.45) is 0 Å². The van der Waals surface area contributed by atoms with E-state index < -0.39 is 10.0 Å². The van der Waals surface area contributed by atoms with Crippen molar-refractivity contribution in [2.45, 2.75) is 24.8 Å². The molecule has 0 aliphatic heterocycles. The van der Waals surface area contributed by atoms with Crippen LogP contribution < -0.4 is 10.0 Å². The Morgan fingerprint density at radius 1 is 1.08 bits per heavy atom. The second-order valence-electron chi connectivity index (χ2n) is 5.29. The van der Waals surface area contributed by atoms with Crippen LogP contribution in [-0.4, -0.2) is 20.9 Å². The molecule has 2 aromatic carbocycles. The number of nitrogens with one attached hydrogen (secondary N) is 2. The molecule has 0 saturated carbocycles. The van der Waals surface area contributed by atoms with Crippen LogP contribution in [0, 0.1) is 0 Å². The first kappa shape index (κ1) is 18.4. The average molecular weight is 367 g/mol. The second-order valence-corrected chi connectivity index (χ2v) is 7.47. The third kappa shape index (κ3) is 5.33. The highest BCUT2D eigenvalue weighted by atomic mass is 35.5. The number of carbonyl (C=O) groups is 1. The minimum Gasteiger partial charge on any atom is -0.356 e. The van der Waals surface area contributed by atoms with Gasteiger partial charge in [0.2, 0.25) is 15.9 Å². The number of rotatable bonds is 7. The molecule has 0 bridgehead atoms. The van der Waals surface area contributed by atoms with Gasteiger partial charge in [0.25, 0.3) is 0 Å². The Balaban J connectivity index is 1.99. The zero-order valence-electron chi connectivity index (χ0n) is 13.3. The highest BCUT2D eigenvalue weighted by Gasteiger charge is 2.14. The highest BCUT2D eigenvalue weighted by Crippen LogP contribution is 2.16. The summed E-state index contributed by atoms with van der Waals surface area (Å²) in [5.41, 5.74) is 1.67. The van der Waals surface area contributed by atoms with Gasteiger partial charge < -0.3 is 5.32 Å². The van der Waals surface area contributed by atoms with Crippen LogP contribution in [0.15, 0.2) is 53.4 Å². The van der Waals surface area contributed by atoms with Crippen LogP contribution in [0.25, 0.3) is 0 Å². The molecule has 0 unspecified atom stereocenters. The lowest BCUT2D eigenvalue weighted by molar-refractivity contribution is -0.118. The minimum absolute atomic E-state index is 0.0852. The quantitative estimate of drug-likeness (QED) is 0.790. The van der Waals surface area contributed by atoms with E-state index in [0.29, 0.717) is 18.0 Å². The van der Waals surface area contributed by atoms with Crippen molar-refractivity contribution in [3.63, 3.8) is 0 Å². The topological polar surface area (TPSA) is 75.3 Å². The Labute approximate surface area is 147 Å². The minimum atomic E-state index is -3.60. The third-order valence-corrected chi connectivity index (χ3v) is 5.22. The standard InChI is InChI=1S/C17H19ClN2O3S/c1-13(21)19-11-10-14-6-8-16(9-7-14)24(22,23)20-12-15-4-2-3-5-17(15)18/h2-9,20H,10-12H2,1H3,(H,19,21). The van der Waals surface area contributed by atoms with Crippen LogP contribution in [0.3, 0.4) is 0 Å². The molecule has 0 fully saturated rings. The van der Waals surface area contributed by atoms with Crippen molar-refractivity contribution >= 4 is 27.5 Å². The maximum atomic E-state index is 12.3. The molecule has 24 heavy (non-hydrogen) atoms. The second kappa shape index (κ2) is 8.28. The number of hydrogen-bond acceptors (Lipinski definition) is 3. The lowest BCUT2D eigenvalue weighted by Gasteiger charge is -2.09. The van der Waals surface area contributed by atoms with Crippen LogP contribution in [0.4, 0.5) is 0 Å². The zero-order chi connectivity index (χ0) is 17.6. The van der Waals surface area contributed by atoms with E-state index in [4.69, 9.17) is 11.6 Å². The summed E-state index contributed by atoms with van der Waals surface area (Å²) in [6.45, 7) is 2.11. The van der Waals surface area contributed by atoms with Crippen molar-refractivity contribution in [1.29, 1.82) is 0 Å². The molecule has 0 saturated heterocycles. The number of halogens is 1. The molecular formula is C17H19ClN2O3S. The molecule has 0 heterocycles. The van der Waals surface area contributed by atoms with Crippen LogP contribution in [0.2, 0.25) is 5.02 Å². The van der Waals surface area contributed by atoms with Crippen molar-refractivity contribution in [2.75, 3.05) is 6.54 Å². The summed E-state index contributed by atoms with van der Waals surface area (Å²) in [4.78, 5) is 11.0. The first-order valence-electron chi connectivity index (χ1n) is 7.45. The molecule has 2 rings (SSSR count). The third-order valence-electron chi connectivity index (χ3n) is 3.43. The van der Waals surface area contributed by atoms with E-state index in [1.54, 1.807) is 48.5 Å². The molecule has 1 amide bonds. The van der Waals surface area contributed by atoms with E-state index in [9.17, 15) is 13.2 Å². The fourth-order valence-electron chi connectivity index (χ4n) is 2.12. The number of carbonyl (C=O) groups excluding carboxylic acids is 1. The van der Waals surface area contributed by atoms with Crippen LogP contribution >= 0.6 is 11.6 Å². The van der Waals surface area contributed by atoms with Crippen molar-refractivity contribution in [3.05, 3.63) is 64.7 Å². The molecule has 128 valence electrons.